The quantitative estimate of drug-likeness (QED) is 0.199. The minimum Gasteiger partial charge on any atom is -0.383 e. The van der Waals surface area contributed by atoms with Crippen LogP contribution < -0.4 is 11.1 Å². The molecule has 0 saturated carbocycles. The summed E-state index contributed by atoms with van der Waals surface area (Å²) in [6.45, 7) is 14.2. The first kappa shape index (κ1) is 31.2. The summed E-state index contributed by atoms with van der Waals surface area (Å²) in [5.74, 6) is -0.642. The standard InChI is InChI=1S/C32H31F3N8O2/c1-31(2,3)16-24(37-4)30(45)42-15-5-6-23(17-42)43-28-25(27(36)38-18-39-28)26(41-43)19-9-13-22(14-10-19)40-29(44)20-7-11-21(12-8-20)32(33,34)35/h7-14,16,18,23H,5-6,15,17H2,1-3H3,(H,40,44)(H2,36,38,39)/b24-16-/t23-/m1/s1. The summed E-state index contributed by atoms with van der Waals surface area (Å²) < 4.78 is 40.4. The fourth-order valence-corrected chi connectivity index (χ4v) is 5.23. The SMILES string of the molecule is [C-]#[N+]/C(=C\C(C)(C)C)C(=O)N1CCC[C@@H](n2nc(-c3ccc(NC(=O)c4ccc(C(F)(F)F)cc4)cc3)c3c(N)ncnc32)C1. The maximum atomic E-state index is 13.3. The summed E-state index contributed by atoms with van der Waals surface area (Å²) in [4.78, 5) is 39.7. The van der Waals surface area contributed by atoms with E-state index in [2.05, 4.69) is 20.1 Å². The van der Waals surface area contributed by atoms with Gasteiger partial charge in [0.2, 0.25) is 5.70 Å². The van der Waals surface area contributed by atoms with Gasteiger partial charge in [0, 0.05) is 29.9 Å². The monoisotopic (exact) mass is 616 g/mol. The van der Waals surface area contributed by atoms with Crippen molar-refractivity contribution < 1.29 is 22.8 Å². The minimum absolute atomic E-state index is 0.0826. The number of carbonyl (C=O) groups is 2. The van der Waals surface area contributed by atoms with Gasteiger partial charge in [-0.05, 0) is 54.7 Å². The largest absolute Gasteiger partial charge is 0.416 e. The molecule has 1 saturated heterocycles. The van der Waals surface area contributed by atoms with Gasteiger partial charge in [0.1, 0.15) is 17.8 Å². The predicted molar refractivity (Wildman–Crippen MR) is 164 cm³/mol. The molecule has 3 heterocycles. The Labute approximate surface area is 257 Å². The van der Waals surface area contributed by atoms with Gasteiger partial charge in [-0.3, -0.25) is 9.59 Å². The fraction of sp³-hybridized carbons (Fsp3) is 0.312. The zero-order valence-corrected chi connectivity index (χ0v) is 24.9. The highest BCUT2D eigenvalue weighted by atomic mass is 19.4. The molecule has 1 fully saturated rings. The zero-order chi connectivity index (χ0) is 32.5. The first-order valence-corrected chi connectivity index (χ1v) is 14.2. The lowest BCUT2D eigenvalue weighted by Crippen LogP contribution is -2.41. The van der Waals surface area contributed by atoms with Crippen molar-refractivity contribution in [2.75, 3.05) is 24.1 Å². The van der Waals surface area contributed by atoms with Gasteiger partial charge in [-0.2, -0.15) is 18.3 Å². The Morgan fingerprint density at radius 2 is 1.76 bits per heavy atom. The van der Waals surface area contributed by atoms with Crippen LogP contribution in [0.1, 0.15) is 55.6 Å². The van der Waals surface area contributed by atoms with Crippen molar-refractivity contribution in [1.29, 1.82) is 0 Å². The molecule has 0 unspecified atom stereocenters. The van der Waals surface area contributed by atoms with Crippen molar-refractivity contribution >= 4 is 34.4 Å². The number of halogens is 3. The Balaban J connectivity index is 1.39. The van der Waals surface area contributed by atoms with E-state index in [4.69, 9.17) is 17.4 Å². The van der Waals surface area contributed by atoms with Crippen molar-refractivity contribution in [3.63, 3.8) is 0 Å². The Bertz CT molecular complexity index is 1820. The number of hydrogen-bond acceptors (Lipinski definition) is 6. The van der Waals surface area contributed by atoms with Crippen LogP contribution in [0.15, 0.2) is 66.6 Å². The van der Waals surface area contributed by atoms with E-state index in [0.29, 0.717) is 47.5 Å². The molecule has 232 valence electrons. The smallest absolute Gasteiger partial charge is 0.383 e. The van der Waals surface area contributed by atoms with E-state index in [9.17, 15) is 22.8 Å². The lowest BCUT2D eigenvalue weighted by Gasteiger charge is -2.33. The number of piperidine rings is 1. The van der Waals surface area contributed by atoms with E-state index in [-0.39, 0.29) is 34.4 Å². The highest BCUT2D eigenvalue weighted by molar-refractivity contribution is 6.04. The maximum Gasteiger partial charge on any atom is 0.416 e. The molecule has 13 heteroatoms. The number of amides is 2. The summed E-state index contributed by atoms with van der Waals surface area (Å²) in [6, 6.07) is 10.5. The Hall–Kier alpha value is -5.25. The van der Waals surface area contributed by atoms with Crippen LogP contribution in [0.5, 0.6) is 0 Å². The third-order valence-corrected chi connectivity index (χ3v) is 7.35. The number of hydrogen-bond donors (Lipinski definition) is 2. The molecule has 5 rings (SSSR count). The number of nitrogens with one attached hydrogen (secondary N) is 1. The van der Waals surface area contributed by atoms with Gasteiger partial charge in [-0.15, -0.1) is 0 Å². The Morgan fingerprint density at radius 1 is 1.07 bits per heavy atom. The third kappa shape index (κ3) is 6.80. The summed E-state index contributed by atoms with van der Waals surface area (Å²) in [5.41, 5.74) is 7.41. The van der Waals surface area contributed by atoms with E-state index in [0.717, 1.165) is 30.7 Å². The molecule has 2 amide bonds. The van der Waals surface area contributed by atoms with E-state index in [1.54, 1.807) is 39.9 Å². The second-order valence-electron chi connectivity index (χ2n) is 11.9. The molecule has 2 aromatic carbocycles. The van der Waals surface area contributed by atoms with Crippen molar-refractivity contribution in [3.8, 4) is 11.3 Å². The van der Waals surface area contributed by atoms with Crippen LogP contribution in [0.4, 0.5) is 24.7 Å². The number of nitrogens with zero attached hydrogens (tertiary/aromatic N) is 6. The Kier molecular flexibility index (Phi) is 8.34. The van der Waals surface area contributed by atoms with Crippen LogP contribution in [0.25, 0.3) is 27.1 Å². The first-order valence-electron chi connectivity index (χ1n) is 14.2. The van der Waals surface area contributed by atoms with Crippen LogP contribution in [-0.4, -0.2) is 49.6 Å². The fourth-order valence-electron chi connectivity index (χ4n) is 5.23. The molecular formula is C32H31F3N8O2. The van der Waals surface area contributed by atoms with Crippen LogP contribution in [0.3, 0.4) is 0 Å². The average Bonchev–Trinajstić information content (AvgIpc) is 3.40. The number of anilines is 2. The second kappa shape index (κ2) is 12.0. The lowest BCUT2D eigenvalue weighted by molar-refractivity contribution is -0.137. The number of allylic oxidation sites excluding steroid dienone is 1. The average molecular weight is 617 g/mol. The predicted octanol–water partition coefficient (Wildman–Crippen LogP) is 6.36. The lowest BCUT2D eigenvalue weighted by atomic mass is 9.95. The number of likely N-dealkylation sites (tertiary alicyclic amines) is 1. The molecule has 45 heavy (non-hydrogen) atoms. The van der Waals surface area contributed by atoms with Gasteiger partial charge >= 0.3 is 6.18 Å². The number of carbonyl (C=O) groups excluding carboxylic acids is 2. The van der Waals surface area contributed by atoms with Crippen LogP contribution in [0, 0.1) is 12.0 Å². The summed E-state index contributed by atoms with van der Waals surface area (Å²) >= 11 is 0. The summed E-state index contributed by atoms with van der Waals surface area (Å²) in [7, 11) is 0. The van der Waals surface area contributed by atoms with Crippen LogP contribution in [-0.2, 0) is 11.0 Å². The van der Waals surface area contributed by atoms with Crippen molar-refractivity contribution in [1.82, 2.24) is 24.6 Å². The molecule has 3 N–H and O–H groups in total. The van der Waals surface area contributed by atoms with Crippen molar-refractivity contribution in [3.05, 3.63) is 89.2 Å². The molecule has 2 aromatic heterocycles. The van der Waals surface area contributed by atoms with E-state index in [1.165, 1.54) is 6.33 Å². The van der Waals surface area contributed by atoms with Gasteiger partial charge in [-0.25, -0.2) is 19.5 Å². The van der Waals surface area contributed by atoms with Gasteiger partial charge in [0.25, 0.3) is 11.8 Å². The highest BCUT2D eigenvalue weighted by Gasteiger charge is 2.31. The third-order valence-electron chi connectivity index (χ3n) is 7.35. The van der Waals surface area contributed by atoms with Crippen molar-refractivity contribution in [2.24, 2.45) is 5.41 Å². The van der Waals surface area contributed by atoms with Gasteiger partial charge in [0.15, 0.2) is 5.65 Å². The molecule has 1 aliphatic rings. The summed E-state index contributed by atoms with van der Waals surface area (Å²) in [6.07, 6.45) is -0.00214. The molecule has 4 aromatic rings. The minimum atomic E-state index is -4.49. The number of rotatable bonds is 5. The number of nitrogen functional groups attached to an aromatic ring is 1. The van der Waals surface area contributed by atoms with Gasteiger partial charge < -0.3 is 16.0 Å². The van der Waals surface area contributed by atoms with Crippen LogP contribution in [0.2, 0.25) is 0 Å². The molecule has 0 spiro atoms. The topological polar surface area (TPSA) is 123 Å². The van der Waals surface area contributed by atoms with Gasteiger partial charge in [-0.1, -0.05) is 39.0 Å². The van der Waals surface area contributed by atoms with Crippen LogP contribution >= 0.6 is 0 Å². The summed E-state index contributed by atoms with van der Waals surface area (Å²) in [5, 5.41) is 8.09. The first-order chi connectivity index (χ1) is 21.2. The zero-order valence-electron chi connectivity index (χ0n) is 24.9. The molecular weight excluding hydrogens is 585 g/mol. The van der Waals surface area contributed by atoms with E-state index < -0.39 is 17.6 Å². The van der Waals surface area contributed by atoms with E-state index >= 15 is 0 Å². The number of benzene rings is 2. The van der Waals surface area contributed by atoms with E-state index in [1.807, 2.05) is 20.8 Å². The second-order valence-corrected chi connectivity index (χ2v) is 11.9. The molecule has 10 nitrogen and oxygen atoms in total. The molecule has 1 aliphatic heterocycles. The number of fused-ring (bicyclic) bond motifs is 1. The molecule has 0 bridgehead atoms. The normalized spacial score (nSPS) is 16.0. The molecule has 0 radical (unpaired) electrons. The number of alkyl halides is 3. The number of nitrogens with two attached hydrogens (primary N) is 1. The molecule has 1 atom stereocenters. The number of aromatic nitrogens is 4. The van der Waals surface area contributed by atoms with Crippen molar-refractivity contribution in [2.45, 2.75) is 45.8 Å². The van der Waals surface area contributed by atoms with Gasteiger partial charge in [0.05, 0.1) is 23.6 Å². The Morgan fingerprint density at radius 3 is 2.38 bits per heavy atom. The molecule has 0 aliphatic carbocycles. The maximum absolute atomic E-state index is 13.3. The highest BCUT2D eigenvalue weighted by Crippen LogP contribution is 2.35.